The summed E-state index contributed by atoms with van der Waals surface area (Å²) in [6, 6.07) is 0.715. The average Bonchev–Trinajstić information content (AvgIpc) is 2.34. The third-order valence-corrected chi connectivity index (χ3v) is 4.66. The van der Waals surface area contributed by atoms with Crippen LogP contribution in [0, 0.1) is 23.7 Å². The number of nitrogens with one attached hydrogen (secondary N) is 1. The number of likely N-dealkylation sites (tertiary alicyclic amines) is 1. The van der Waals surface area contributed by atoms with Gasteiger partial charge in [-0.3, -0.25) is 4.90 Å². The highest BCUT2D eigenvalue weighted by atomic mass is 15.2. The van der Waals surface area contributed by atoms with Gasteiger partial charge in [0.15, 0.2) is 0 Å². The summed E-state index contributed by atoms with van der Waals surface area (Å²) in [6.45, 7) is 19.0. The lowest BCUT2D eigenvalue weighted by atomic mass is 9.85. The molecule has 1 N–H and O–H groups in total. The largest absolute Gasteiger partial charge is 0.315 e. The Bertz CT molecular complexity index is 227. The van der Waals surface area contributed by atoms with Gasteiger partial charge in [0.05, 0.1) is 0 Å². The van der Waals surface area contributed by atoms with Crippen LogP contribution in [-0.2, 0) is 0 Å². The van der Waals surface area contributed by atoms with E-state index in [9.17, 15) is 0 Å². The van der Waals surface area contributed by atoms with Gasteiger partial charge in [0.25, 0.3) is 0 Å². The maximum atomic E-state index is 3.66. The lowest BCUT2D eigenvalue weighted by Crippen LogP contribution is -2.49. The predicted octanol–water partition coefficient (Wildman–Crippen LogP) is 3.62. The van der Waals surface area contributed by atoms with Crippen LogP contribution >= 0.6 is 0 Å². The number of hydrogen-bond acceptors (Lipinski definition) is 2. The van der Waals surface area contributed by atoms with E-state index in [1.165, 1.54) is 25.9 Å². The topological polar surface area (TPSA) is 15.3 Å². The van der Waals surface area contributed by atoms with Crippen LogP contribution in [0.4, 0.5) is 0 Å². The molecular formula is C17H36N2. The zero-order valence-corrected chi connectivity index (χ0v) is 14.1. The average molecular weight is 268 g/mol. The maximum absolute atomic E-state index is 3.66. The molecule has 114 valence electrons. The molecular weight excluding hydrogens is 232 g/mol. The first-order chi connectivity index (χ1) is 8.91. The fourth-order valence-electron chi connectivity index (χ4n) is 3.22. The third-order valence-electron chi connectivity index (χ3n) is 4.66. The summed E-state index contributed by atoms with van der Waals surface area (Å²) < 4.78 is 0. The molecule has 0 aromatic heterocycles. The van der Waals surface area contributed by atoms with Crippen molar-refractivity contribution in [3.05, 3.63) is 0 Å². The Balaban J connectivity index is 2.40. The van der Waals surface area contributed by atoms with Gasteiger partial charge in [0, 0.05) is 12.6 Å². The first-order valence-corrected chi connectivity index (χ1v) is 8.36. The second-order valence-corrected chi connectivity index (χ2v) is 7.48. The Morgan fingerprint density at radius 3 is 1.95 bits per heavy atom. The van der Waals surface area contributed by atoms with Gasteiger partial charge in [-0.25, -0.2) is 0 Å². The summed E-state index contributed by atoms with van der Waals surface area (Å²) in [5, 5.41) is 3.66. The molecule has 0 aromatic carbocycles. The van der Waals surface area contributed by atoms with Crippen LogP contribution in [0.2, 0.25) is 0 Å². The van der Waals surface area contributed by atoms with Gasteiger partial charge < -0.3 is 5.32 Å². The van der Waals surface area contributed by atoms with E-state index < -0.39 is 0 Å². The molecule has 0 bridgehead atoms. The molecule has 19 heavy (non-hydrogen) atoms. The maximum Gasteiger partial charge on any atom is 0.0243 e. The van der Waals surface area contributed by atoms with Crippen molar-refractivity contribution in [2.75, 3.05) is 26.2 Å². The molecule has 1 heterocycles. The monoisotopic (exact) mass is 268 g/mol. The molecule has 1 saturated heterocycles. The molecule has 1 rings (SSSR count). The van der Waals surface area contributed by atoms with Gasteiger partial charge in [0.1, 0.15) is 0 Å². The Kier molecular flexibility index (Phi) is 7.38. The number of rotatable bonds is 7. The Morgan fingerprint density at radius 2 is 1.53 bits per heavy atom. The molecule has 2 heteroatoms. The van der Waals surface area contributed by atoms with Gasteiger partial charge in [-0.15, -0.1) is 0 Å². The fraction of sp³-hybridized carbons (Fsp3) is 1.00. The van der Waals surface area contributed by atoms with Crippen LogP contribution in [0.1, 0.15) is 54.4 Å². The molecule has 0 radical (unpaired) electrons. The molecule has 0 spiro atoms. The Labute approximate surface area is 121 Å². The normalized spacial score (nSPS) is 20.7. The SMILES string of the molecule is CC(C)CNCC(C(C)C)N1CCC(C(C)C)CC1. The summed E-state index contributed by atoms with van der Waals surface area (Å²) in [4.78, 5) is 2.73. The number of piperidine rings is 1. The van der Waals surface area contributed by atoms with Crippen molar-refractivity contribution in [3.63, 3.8) is 0 Å². The number of nitrogens with zero attached hydrogens (tertiary/aromatic N) is 1. The third kappa shape index (κ3) is 5.83. The van der Waals surface area contributed by atoms with Gasteiger partial charge in [-0.05, 0) is 56.1 Å². The van der Waals surface area contributed by atoms with E-state index in [0.29, 0.717) is 6.04 Å². The predicted molar refractivity (Wildman–Crippen MR) is 85.5 cm³/mol. The highest BCUT2D eigenvalue weighted by Crippen LogP contribution is 2.26. The molecule has 1 fully saturated rings. The minimum Gasteiger partial charge on any atom is -0.315 e. The van der Waals surface area contributed by atoms with Gasteiger partial charge >= 0.3 is 0 Å². The van der Waals surface area contributed by atoms with Crippen LogP contribution in [0.5, 0.6) is 0 Å². The van der Waals surface area contributed by atoms with Crippen molar-refractivity contribution in [2.45, 2.75) is 60.4 Å². The summed E-state index contributed by atoms with van der Waals surface area (Å²) >= 11 is 0. The van der Waals surface area contributed by atoms with Gasteiger partial charge in [0.2, 0.25) is 0 Å². The standard InChI is InChI=1S/C17H36N2/c1-13(2)11-18-12-17(15(5)6)19-9-7-16(8-10-19)14(3)4/h13-18H,7-12H2,1-6H3. The van der Waals surface area contributed by atoms with Crippen molar-refractivity contribution < 1.29 is 0 Å². The molecule has 0 amide bonds. The fourth-order valence-corrected chi connectivity index (χ4v) is 3.22. The lowest BCUT2D eigenvalue weighted by molar-refractivity contribution is 0.0894. The number of hydrogen-bond donors (Lipinski definition) is 1. The first kappa shape index (κ1) is 17.0. The molecule has 1 aliphatic rings. The van der Waals surface area contributed by atoms with Gasteiger partial charge in [-0.2, -0.15) is 0 Å². The van der Waals surface area contributed by atoms with E-state index in [2.05, 4.69) is 51.8 Å². The van der Waals surface area contributed by atoms with Crippen LogP contribution < -0.4 is 5.32 Å². The molecule has 1 atom stereocenters. The van der Waals surface area contributed by atoms with Crippen LogP contribution in [0.15, 0.2) is 0 Å². The van der Waals surface area contributed by atoms with Crippen LogP contribution in [0.3, 0.4) is 0 Å². The summed E-state index contributed by atoms with van der Waals surface area (Å²) in [5.41, 5.74) is 0. The van der Waals surface area contributed by atoms with Crippen LogP contribution in [0.25, 0.3) is 0 Å². The van der Waals surface area contributed by atoms with Crippen molar-refractivity contribution in [1.29, 1.82) is 0 Å². The highest BCUT2D eigenvalue weighted by molar-refractivity contribution is 4.82. The second-order valence-electron chi connectivity index (χ2n) is 7.48. The van der Waals surface area contributed by atoms with Crippen LogP contribution in [-0.4, -0.2) is 37.1 Å². The van der Waals surface area contributed by atoms with E-state index in [1.54, 1.807) is 0 Å². The highest BCUT2D eigenvalue weighted by Gasteiger charge is 2.27. The molecule has 0 aliphatic carbocycles. The van der Waals surface area contributed by atoms with E-state index in [0.717, 1.165) is 36.8 Å². The lowest BCUT2D eigenvalue weighted by Gasteiger charge is -2.40. The molecule has 0 aromatic rings. The molecule has 1 aliphatic heterocycles. The van der Waals surface area contributed by atoms with Crippen molar-refractivity contribution in [1.82, 2.24) is 10.2 Å². The zero-order chi connectivity index (χ0) is 14.4. The van der Waals surface area contributed by atoms with E-state index in [1.807, 2.05) is 0 Å². The second kappa shape index (κ2) is 8.26. The first-order valence-electron chi connectivity index (χ1n) is 8.36. The van der Waals surface area contributed by atoms with Gasteiger partial charge in [-0.1, -0.05) is 41.5 Å². The smallest absolute Gasteiger partial charge is 0.0243 e. The Morgan fingerprint density at radius 1 is 0.947 bits per heavy atom. The summed E-state index contributed by atoms with van der Waals surface area (Å²) in [7, 11) is 0. The van der Waals surface area contributed by atoms with E-state index in [-0.39, 0.29) is 0 Å². The minimum atomic E-state index is 0.715. The molecule has 1 unspecified atom stereocenters. The van der Waals surface area contributed by atoms with Crippen molar-refractivity contribution in [3.8, 4) is 0 Å². The Hall–Kier alpha value is -0.0800. The van der Waals surface area contributed by atoms with Crippen molar-refractivity contribution >= 4 is 0 Å². The molecule has 0 saturated carbocycles. The van der Waals surface area contributed by atoms with E-state index >= 15 is 0 Å². The van der Waals surface area contributed by atoms with E-state index in [4.69, 9.17) is 0 Å². The summed E-state index contributed by atoms with van der Waals surface area (Å²) in [6.07, 6.45) is 2.79. The quantitative estimate of drug-likeness (QED) is 0.758. The molecule has 2 nitrogen and oxygen atoms in total. The minimum absolute atomic E-state index is 0.715. The summed E-state index contributed by atoms with van der Waals surface area (Å²) in [5.74, 6) is 3.31. The van der Waals surface area contributed by atoms with Crippen molar-refractivity contribution in [2.24, 2.45) is 23.7 Å². The zero-order valence-electron chi connectivity index (χ0n) is 14.1.